The average molecular weight is 391 g/mol. The van der Waals surface area contributed by atoms with Gasteiger partial charge in [-0.2, -0.15) is 0 Å². The summed E-state index contributed by atoms with van der Waals surface area (Å²) in [5.74, 6) is 0. The van der Waals surface area contributed by atoms with E-state index in [4.69, 9.17) is 16.3 Å². The lowest BCUT2D eigenvalue weighted by molar-refractivity contribution is -0.0511. The smallest absolute Gasteiger partial charge is 0.165 e. The fourth-order valence-corrected chi connectivity index (χ4v) is 3.39. The number of halogens is 1. The molecule has 0 spiro atoms. The van der Waals surface area contributed by atoms with Crippen LogP contribution in [0.5, 0.6) is 0 Å². The monoisotopic (exact) mass is 390 g/mol. The first-order valence-electron chi connectivity index (χ1n) is 8.52. The molecule has 0 bridgehead atoms. The van der Waals surface area contributed by atoms with Crippen LogP contribution in [-0.2, 0) is 11.3 Å². The first kappa shape index (κ1) is 18.1. The third-order valence-corrected chi connectivity index (χ3v) is 4.81. The van der Waals surface area contributed by atoms with Crippen molar-refractivity contribution in [2.75, 3.05) is 11.9 Å². The minimum absolute atomic E-state index is 0.256. The minimum Gasteiger partial charge on any atom is -0.394 e. The van der Waals surface area contributed by atoms with Crippen molar-refractivity contribution in [3.8, 4) is 0 Å². The predicted octanol–water partition coefficient (Wildman–Crippen LogP) is 1.31. The van der Waals surface area contributed by atoms with Crippen molar-refractivity contribution >= 4 is 28.5 Å². The fourth-order valence-electron chi connectivity index (χ4n) is 3.20. The molecule has 0 amide bonds. The Hall–Kier alpha value is -2.23. The van der Waals surface area contributed by atoms with Crippen LogP contribution in [0.2, 0.25) is 5.15 Å². The Balaban J connectivity index is 1.66. The van der Waals surface area contributed by atoms with Gasteiger partial charge in [-0.15, -0.1) is 0 Å². The van der Waals surface area contributed by atoms with E-state index in [2.05, 4.69) is 15.3 Å². The lowest BCUT2D eigenvalue weighted by Gasteiger charge is -2.17. The van der Waals surface area contributed by atoms with E-state index in [9.17, 15) is 15.3 Å². The van der Waals surface area contributed by atoms with Crippen LogP contribution in [0.25, 0.3) is 11.2 Å². The molecule has 1 aliphatic heterocycles. The van der Waals surface area contributed by atoms with Crippen LogP contribution in [0.3, 0.4) is 0 Å². The fraction of sp³-hybridized carbons (Fsp3) is 0.333. The van der Waals surface area contributed by atoms with Crippen molar-refractivity contribution in [3.05, 3.63) is 53.4 Å². The van der Waals surface area contributed by atoms with Gasteiger partial charge in [0.15, 0.2) is 11.9 Å². The van der Waals surface area contributed by atoms with Crippen LogP contribution in [0.15, 0.2) is 42.7 Å². The lowest BCUT2D eigenvalue weighted by atomic mass is 10.1. The summed E-state index contributed by atoms with van der Waals surface area (Å²) in [6.07, 6.45) is -2.75. The van der Waals surface area contributed by atoms with Gasteiger partial charge in [0.05, 0.1) is 18.6 Å². The summed E-state index contributed by atoms with van der Waals surface area (Å²) < 4.78 is 7.08. The summed E-state index contributed by atoms with van der Waals surface area (Å²) in [5, 5.41) is 33.1. The molecule has 9 heteroatoms. The molecule has 27 heavy (non-hydrogen) atoms. The van der Waals surface area contributed by atoms with E-state index in [1.54, 1.807) is 6.07 Å². The van der Waals surface area contributed by atoms with Crippen molar-refractivity contribution in [3.63, 3.8) is 0 Å². The summed E-state index contributed by atoms with van der Waals surface area (Å²) in [6, 6.07) is 11.6. The number of rotatable bonds is 5. The summed E-state index contributed by atoms with van der Waals surface area (Å²) in [7, 11) is 0. The number of anilines is 1. The Bertz CT molecular complexity index is 936. The number of pyridine rings is 1. The molecule has 0 radical (unpaired) electrons. The number of fused-ring (bicyclic) bond motifs is 1. The average Bonchev–Trinajstić information content (AvgIpc) is 3.22. The molecule has 1 aliphatic rings. The van der Waals surface area contributed by atoms with Crippen molar-refractivity contribution in [2.24, 2.45) is 0 Å². The first-order valence-corrected chi connectivity index (χ1v) is 8.89. The van der Waals surface area contributed by atoms with E-state index in [1.807, 2.05) is 30.3 Å². The van der Waals surface area contributed by atoms with Crippen LogP contribution in [-0.4, -0.2) is 54.8 Å². The Labute approximate surface area is 160 Å². The maximum absolute atomic E-state index is 10.3. The van der Waals surface area contributed by atoms with Crippen LogP contribution in [0.4, 0.5) is 5.69 Å². The molecule has 4 atom stereocenters. The normalized spacial score (nSPS) is 25.2. The summed E-state index contributed by atoms with van der Waals surface area (Å²) in [4.78, 5) is 8.67. The SMILES string of the molecule is OC[C@H]1OC(n2cnc3c(NCc4ccccc4)cc(Cl)nc32)[C@@H](O)C1O. The molecular formula is C18H19ClN4O4. The van der Waals surface area contributed by atoms with Gasteiger partial charge in [0, 0.05) is 12.6 Å². The largest absolute Gasteiger partial charge is 0.394 e. The van der Waals surface area contributed by atoms with E-state index in [1.165, 1.54) is 10.9 Å². The van der Waals surface area contributed by atoms with Gasteiger partial charge in [-0.25, -0.2) is 9.97 Å². The number of nitrogens with zero attached hydrogens (tertiary/aromatic N) is 3. The predicted molar refractivity (Wildman–Crippen MR) is 99.3 cm³/mol. The van der Waals surface area contributed by atoms with Crippen LogP contribution < -0.4 is 5.32 Å². The number of aliphatic hydroxyl groups is 3. The third kappa shape index (κ3) is 3.38. The number of hydrogen-bond donors (Lipinski definition) is 4. The van der Waals surface area contributed by atoms with E-state index in [0.717, 1.165) is 5.56 Å². The van der Waals surface area contributed by atoms with E-state index in [0.29, 0.717) is 23.4 Å². The van der Waals surface area contributed by atoms with Crippen LogP contribution >= 0.6 is 11.6 Å². The van der Waals surface area contributed by atoms with E-state index >= 15 is 0 Å². The maximum Gasteiger partial charge on any atom is 0.165 e. The highest BCUT2D eigenvalue weighted by Gasteiger charge is 2.44. The quantitative estimate of drug-likeness (QED) is 0.486. The number of benzene rings is 1. The second-order valence-corrected chi connectivity index (χ2v) is 6.77. The molecule has 142 valence electrons. The molecule has 0 aliphatic carbocycles. The molecule has 1 fully saturated rings. The Morgan fingerprint density at radius 1 is 1.19 bits per heavy atom. The molecule has 2 aromatic heterocycles. The van der Waals surface area contributed by atoms with Crippen molar-refractivity contribution in [2.45, 2.75) is 31.1 Å². The second-order valence-electron chi connectivity index (χ2n) is 6.38. The van der Waals surface area contributed by atoms with Gasteiger partial charge in [-0.3, -0.25) is 4.57 Å². The van der Waals surface area contributed by atoms with Crippen LogP contribution in [0.1, 0.15) is 11.8 Å². The lowest BCUT2D eigenvalue weighted by Crippen LogP contribution is -2.33. The summed E-state index contributed by atoms with van der Waals surface area (Å²) in [6.45, 7) is 0.177. The highest BCUT2D eigenvalue weighted by molar-refractivity contribution is 6.30. The maximum atomic E-state index is 10.3. The number of ether oxygens (including phenoxy) is 1. The van der Waals surface area contributed by atoms with E-state index in [-0.39, 0.29) is 5.15 Å². The molecule has 8 nitrogen and oxygen atoms in total. The second kappa shape index (κ2) is 7.41. The minimum atomic E-state index is -1.22. The first-order chi connectivity index (χ1) is 13.1. The Kier molecular flexibility index (Phi) is 4.98. The highest BCUT2D eigenvalue weighted by atomic mass is 35.5. The molecule has 1 saturated heterocycles. The van der Waals surface area contributed by atoms with Gasteiger partial charge in [0.1, 0.15) is 29.0 Å². The van der Waals surface area contributed by atoms with Gasteiger partial charge < -0.3 is 25.4 Å². The zero-order chi connectivity index (χ0) is 19.0. The van der Waals surface area contributed by atoms with E-state index < -0.39 is 31.1 Å². The third-order valence-electron chi connectivity index (χ3n) is 4.62. The molecule has 4 rings (SSSR count). The zero-order valence-corrected chi connectivity index (χ0v) is 15.0. The van der Waals surface area contributed by atoms with Gasteiger partial charge >= 0.3 is 0 Å². The summed E-state index contributed by atoms with van der Waals surface area (Å²) in [5.41, 5.74) is 2.77. The van der Waals surface area contributed by atoms with Crippen LogP contribution in [0, 0.1) is 0 Å². The number of aromatic nitrogens is 3. The number of imidazole rings is 1. The zero-order valence-electron chi connectivity index (χ0n) is 14.2. The van der Waals surface area contributed by atoms with Gasteiger partial charge in [-0.05, 0) is 5.56 Å². The molecule has 2 unspecified atom stereocenters. The topological polar surface area (TPSA) is 113 Å². The molecule has 1 aromatic carbocycles. The Morgan fingerprint density at radius 3 is 2.67 bits per heavy atom. The van der Waals surface area contributed by atoms with Gasteiger partial charge in [-0.1, -0.05) is 41.9 Å². The number of nitrogens with one attached hydrogen (secondary N) is 1. The van der Waals surface area contributed by atoms with Gasteiger partial charge in [0.25, 0.3) is 0 Å². The Morgan fingerprint density at radius 2 is 1.96 bits per heavy atom. The molecule has 4 N–H and O–H groups in total. The van der Waals surface area contributed by atoms with Crippen molar-refractivity contribution < 1.29 is 20.1 Å². The van der Waals surface area contributed by atoms with Crippen molar-refractivity contribution in [1.82, 2.24) is 14.5 Å². The van der Waals surface area contributed by atoms with Crippen molar-refractivity contribution in [1.29, 1.82) is 0 Å². The highest BCUT2D eigenvalue weighted by Crippen LogP contribution is 2.33. The molecule has 3 aromatic rings. The summed E-state index contributed by atoms with van der Waals surface area (Å²) >= 11 is 6.18. The van der Waals surface area contributed by atoms with Gasteiger partial charge in [0.2, 0.25) is 0 Å². The number of hydrogen-bond acceptors (Lipinski definition) is 7. The molecule has 3 heterocycles. The standard InChI is InChI=1S/C18H19ClN4O4/c19-13-6-11(20-7-10-4-2-1-3-5-10)14-17(22-13)23(9-21-14)18-16(26)15(25)12(8-24)27-18/h1-6,9,12,15-16,18,24-26H,7-8H2,(H,20,22)/t12-,15?,16+,18?/m1/s1. The molecule has 0 saturated carbocycles. The molecular weight excluding hydrogens is 372 g/mol. The number of aliphatic hydroxyl groups excluding tert-OH is 3.